The Morgan fingerprint density at radius 3 is 1.50 bits per heavy atom. The topological polar surface area (TPSA) is 157 Å². The van der Waals surface area contributed by atoms with Crippen molar-refractivity contribution in [2.45, 2.75) is 25.7 Å². The predicted molar refractivity (Wildman–Crippen MR) is 230 cm³/mol. The van der Waals surface area contributed by atoms with Gasteiger partial charge in [-0.25, -0.2) is 14.3 Å². The fourth-order valence-electron chi connectivity index (χ4n) is 7.66. The van der Waals surface area contributed by atoms with Gasteiger partial charge in [0, 0.05) is 72.3 Å². The molecule has 15 heteroatoms. The number of amides is 2. The smallest absolute Gasteiger partial charge is 0.224 e. The van der Waals surface area contributed by atoms with Crippen molar-refractivity contribution in [2.75, 3.05) is 76.3 Å². The molecule has 306 valence electrons. The Labute approximate surface area is 347 Å². The van der Waals surface area contributed by atoms with Crippen LogP contribution in [0.25, 0.3) is 55.7 Å². The van der Waals surface area contributed by atoms with E-state index in [0.717, 1.165) is 134 Å². The SMILES string of the molecule is O=C(CCCN1CCOCC1)Nc1cccc(-c2cn(-c3ccc4cc5ccc(-n6cc(-c7cccc(NC(=O)CCCN8CCOCC8)c7)nn6)cc5nc4c3)nn2)c1. The molecule has 0 spiro atoms. The first-order valence-corrected chi connectivity index (χ1v) is 20.6. The Bertz CT molecular complexity index is 2440. The fourth-order valence-corrected chi connectivity index (χ4v) is 7.66. The van der Waals surface area contributed by atoms with Crippen LogP contribution < -0.4 is 10.6 Å². The third-order valence-corrected chi connectivity index (χ3v) is 10.9. The zero-order valence-electron chi connectivity index (χ0n) is 33.4. The summed E-state index contributed by atoms with van der Waals surface area (Å²) in [5.41, 5.74) is 7.80. The Kier molecular flexibility index (Phi) is 11.9. The highest BCUT2D eigenvalue weighted by molar-refractivity contribution is 5.94. The maximum Gasteiger partial charge on any atom is 0.224 e. The first-order valence-electron chi connectivity index (χ1n) is 20.6. The molecule has 3 aromatic heterocycles. The molecular weight excluding hydrogens is 759 g/mol. The largest absolute Gasteiger partial charge is 0.379 e. The average Bonchev–Trinajstić information content (AvgIpc) is 3.98. The van der Waals surface area contributed by atoms with Crippen LogP contribution in [0.3, 0.4) is 0 Å². The number of aromatic nitrogens is 7. The van der Waals surface area contributed by atoms with Gasteiger partial charge in [-0.2, -0.15) is 0 Å². The molecule has 7 aromatic rings. The number of carbonyl (C=O) groups is 2. The summed E-state index contributed by atoms with van der Waals surface area (Å²) in [5, 5.41) is 25.8. The van der Waals surface area contributed by atoms with Crippen LogP contribution in [0.5, 0.6) is 0 Å². The average molecular weight is 806 g/mol. The molecule has 2 saturated heterocycles. The molecule has 0 atom stereocenters. The van der Waals surface area contributed by atoms with Gasteiger partial charge in [0.2, 0.25) is 11.8 Å². The van der Waals surface area contributed by atoms with Crippen LogP contribution in [0.4, 0.5) is 11.4 Å². The number of carbonyl (C=O) groups excluding carboxylic acids is 2. The highest BCUT2D eigenvalue weighted by Crippen LogP contribution is 2.27. The van der Waals surface area contributed by atoms with Crippen molar-refractivity contribution in [3.05, 3.63) is 103 Å². The van der Waals surface area contributed by atoms with E-state index >= 15 is 0 Å². The molecule has 2 aliphatic heterocycles. The number of anilines is 2. The van der Waals surface area contributed by atoms with Gasteiger partial charge < -0.3 is 20.1 Å². The van der Waals surface area contributed by atoms with E-state index in [1.54, 1.807) is 9.36 Å². The van der Waals surface area contributed by atoms with Crippen molar-refractivity contribution >= 4 is 45.0 Å². The quantitative estimate of drug-likeness (QED) is 0.125. The number of rotatable bonds is 14. The number of ether oxygens (including phenoxy) is 2. The molecule has 9 rings (SSSR count). The van der Waals surface area contributed by atoms with Crippen LogP contribution in [-0.2, 0) is 19.1 Å². The van der Waals surface area contributed by atoms with E-state index in [1.165, 1.54) is 0 Å². The van der Waals surface area contributed by atoms with Crippen molar-refractivity contribution in [1.29, 1.82) is 0 Å². The minimum atomic E-state index is -0.00591. The molecule has 60 heavy (non-hydrogen) atoms. The van der Waals surface area contributed by atoms with Gasteiger partial charge >= 0.3 is 0 Å². The minimum Gasteiger partial charge on any atom is -0.379 e. The number of hydrogen-bond donors (Lipinski definition) is 2. The summed E-state index contributed by atoms with van der Waals surface area (Å²) in [6.07, 6.45) is 6.28. The van der Waals surface area contributed by atoms with Gasteiger partial charge in [0.15, 0.2) is 0 Å². The Morgan fingerprint density at radius 2 is 1.03 bits per heavy atom. The second kappa shape index (κ2) is 18.3. The number of pyridine rings is 1. The molecule has 0 bridgehead atoms. The number of morpholine rings is 2. The van der Waals surface area contributed by atoms with Gasteiger partial charge in [0.25, 0.3) is 0 Å². The van der Waals surface area contributed by atoms with Gasteiger partial charge in [-0.3, -0.25) is 19.4 Å². The third kappa shape index (κ3) is 9.56. The summed E-state index contributed by atoms with van der Waals surface area (Å²) in [6.45, 7) is 8.49. The Balaban J connectivity index is 0.848. The van der Waals surface area contributed by atoms with Crippen molar-refractivity contribution in [3.63, 3.8) is 0 Å². The molecule has 0 saturated carbocycles. The van der Waals surface area contributed by atoms with Gasteiger partial charge in [0.05, 0.1) is 61.2 Å². The second-order valence-corrected chi connectivity index (χ2v) is 15.2. The van der Waals surface area contributed by atoms with Crippen molar-refractivity contribution in [3.8, 4) is 33.9 Å². The number of nitrogens with one attached hydrogen (secondary N) is 2. The third-order valence-electron chi connectivity index (χ3n) is 10.9. The molecule has 4 aromatic carbocycles. The second-order valence-electron chi connectivity index (χ2n) is 15.2. The number of hydrogen-bond acceptors (Lipinski definition) is 11. The van der Waals surface area contributed by atoms with Crippen LogP contribution in [-0.4, -0.2) is 122 Å². The standard InChI is InChI=1S/C45H47N11O4/c57-44(9-3-15-53-17-21-59-22-18-53)46-36-7-1-5-32(26-36)42-30-55(51-49-42)38-13-11-34-25-35-12-14-39(29-41(35)48-40(34)28-38)56-31-43(50-52-56)33-6-2-8-37(27-33)47-45(58)10-4-16-54-19-23-60-24-20-54/h1-2,5-8,11-14,25-31H,3-4,9-10,15-24H2,(H,46,57)(H,47,58). The maximum atomic E-state index is 12.7. The van der Waals surface area contributed by atoms with Crippen LogP contribution in [0.1, 0.15) is 25.7 Å². The first kappa shape index (κ1) is 39.1. The molecule has 2 aliphatic rings. The summed E-state index contributed by atoms with van der Waals surface area (Å²) in [5.74, 6) is -0.0118. The maximum absolute atomic E-state index is 12.7. The lowest BCUT2D eigenvalue weighted by Crippen LogP contribution is -2.37. The molecule has 0 unspecified atom stereocenters. The highest BCUT2D eigenvalue weighted by Gasteiger charge is 2.15. The number of nitrogens with zero attached hydrogens (tertiary/aromatic N) is 9. The summed E-state index contributed by atoms with van der Waals surface area (Å²) < 4.78 is 14.3. The van der Waals surface area contributed by atoms with E-state index in [1.807, 2.05) is 97.3 Å². The van der Waals surface area contributed by atoms with Crippen LogP contribution in [0.2, 0.25) is 0 Å². The first-order chi connectivity index (χ1) is 29.5. The highest BCUT2D eigenvalue weighted by atomic mass is 16.5. The van der Waals surface area contributed by atoms with E-state index in [-0.39, 0.29) is 11.8 Å². The molecule has 2 amide bonds. The lowest BCUT2D eigenvalue weighted by molar-refractivity contribution is -0.117. The van der Waals surface area contributed by atoms with Gasteiger partial charge in [-0.15, -0.1) is 10.2 Å². The monoisotopic (exact) mass is 805 g/mol. The van der Waals surface area contributed by atoms with Gasteiger partial charge in [-0.05, 0) is 80.5 Å². The van der Waals surface area contributed by atoms with E-state index in [2.05, 4.69) is 47.1 Å². The van der Waals surface area contributed by atoms with Crippen molar-refractivity contribution in [2.24, 2.45) is 0 Å². The van der Waals surface area contributed by atoms with Crippen molar-refractivity contribution < 1.29 is 19.1 Å². The molecule has 0 aliphatic carbocycles. The molecule has 5 heterocycles. The molecule has 0 radical (unpaired) electrons. The zero-order valence-corrected chi connectivity index (χ0v) is 33.4. The summed E-state index contributed by atoms with van der Waals surface area (Å²) >= 11 is 0. The van der Waals surface area contributed by atoms with E-state index in [9.17, 15) is 9.59 Å². The van der Waals surface area contributed by atoms with Gasteiger partial charge in [-0.1, -0.05) is 46.8 Å². The minimum absolute atomic E-state index is 0.00591. The lowest BCUT2D eigenvalue weighted by atomic mass is 10.1. The zero-order chi connectivity index (χ0) is 40.7. The summed E-state index contributed by atoms with van der Waals surface area (Å²) in [6, 6.07) is 29.5. The molecule has 15 nitrogen and oxygen atoms in total. The number of fused-ring (bicyclic) bond motifs is 2. The molecular formula is C45H47N11O4. The molecule has 2 N–H and O–H groups in total. The number of benzene rings is 4. The van der Waals surface area contributed by atoms with Crippen LogP contribution in [0, 0.1) is 0 Å². The summed E-state index contributed by atoms with van der Waals surface area (Å²) in [7, 11) is 0. The lowest BCUT2D eigenvalue weighted by Gasteiger charge is -2.26. The van der Waals surface area contributed by atoms with Crippen LogP contribution >= 0.6 is 0 Å². The fraction of sp³-hybridized carbons (Fsp3) is 0.311. The normalized spacial score (nSPS) is 15.1. The molecule has 2 fully saturated rings. The predicted octanol–water partition coefficient (Wildman–Crippen LogP) is 5.99. The summed E-state index contributed by atoms with van der Waals surface area (Å²) in [4.78, 5) is 35.1. The van der Waals surface area contributed by atoms with Crippen molar-refractivity contribution in [1.82, 2.24) is 44.8 Å². The van der Waals surface area contributed by atoms with E-state index < -0.39 is 0 Å². The van der Waals surface area contributed by atoms with Crippen LogP contribution in [0.15, 0.2) is 103 Å². The van der Waals surface area contributed by atoms with Gasteiger partial charge in [0.1, 0.15) is 11.4 Å². The van der Waals surface area contributed by atoms with E-state index in [0.29, 0.717) is 24.2 Å². The Morgan fingerprint density at radius 1 is 0.567 bits per heavy atom. The van der Waals surface area contributed by atoms with E-state index in [4.69, 9.17) is 14.5 Å². The Hall–Kier alpha value is -6.39.